The Bertz CT molecular complexity index is 526. The smallest absolute Gasteiger partial charge is 0.222 e. The molecule has 2 rings (SSSR count). The van der Waals surface area contributed by atoms with Crippen LogP contribution < -0.4 is 10.6 Å². The summed E-state index contributed by atoms with van der Waals surface area (Å²) in [6.45, 7) is 3.18. The van der Waals surface area contributed by atoms with Crippen LogP contribution in [0.25, 0.3) is 0 Å². The number of thiophene rings is 1. The predicted molar refractivity (Wildman–Crippen MR) is 76.0 cm³/mol. The minimum absolute atomic E-state index is 0.0243. The number of hydrogen-bond acceptors (Lipinski definition) is 5. The quantitative estimate of drug-likeness (QED) is 0.846. The van der Waals surface area contributed by atoms with Gasteiger partial charge in [-0.1, -0.05) is 0 Å². The van der Waals surface area contributed by atoms with E-state index in [-0.39, 0.29) is 5.91 Å². The van der Waals surface area contributed by atoms with Crippen molar-refractivity contribution in [3.8, 4) is 0 Å². The number of hydrogen-bond donors (Lipinski definition) is 2. The van der Waals surface area contributed by atoms with Gasteiger partial charge < -0.3 is 10.6 Å². The minimum Gasteiger partial charge on any atom is -0.354 e. The van der Waals surface area contributed by atoms with Gasteiger partial charge in [-0.2, -0.15) is 0 Å². The van der Waals surface area contributed by atoms with E-state index in [9.17, 15) is 4.79 Å². The van der Waals surface area contributed by atoms with Gasteiger partial charge in [0.25, 0.3) is 0 Å². The number of anilines is 1. The molecule has 5 nitrogen and oxygen atoms in total. The summed E-state index contributed by atoms with van der Waals surface area (Å²) in [6, 6.07) is 3.81. The molecule has 0 saturated carbocycles. The zero-order valence-corrected chi connectivity index (χ0v) is 11.5. The van der Waals surface area contributed by atoms with E-state index in [1.54, 1.807) is 29.8 Å². The normalized spacial score (nSPS) is 10.2. The van der Waals surface area contributed by atoms with Crippen molar-refractivity contribution >= 4 is 23.2 Å². The van der Waals surface area contributed by atoms with Gasteiger partial charge in [-0.15, -0.1) is 11.3 Å². The van der Waals surface area contributed by atoms with Gasteiger partial charge in [0.15, 0.2) is 0 Å². The van der Waals surface area contributed by atoms with Crippen molar-refractivity contribution in [3.05, 3.63) is 40.3 Å². The van der Waals surface area contributed by atoms with Crippen LogP contribution in [0.2, 0.25) is 0 Å². The fourth-order valence-electron chi connectivity index (χ4n) is 1.53. The third-order valence-electron chi connectivity index (χ3n) is 2.62. The van der Waals surface area contributed by atoms with Crippen molar-refractivity contribution in [2.75, 3.05) is 11.9 Å². The molecule has 0 aromatic carbocycles. The maximum atomic E-state index is 11.7. The van der Waals surface area contributed by atoms with E-state index in [0.29, 0.717) is 25.5 Å². The lowest BCUT2D eigenvalue weighted by Crippen LogP contribution is -2.25. The van der Waals surface area contributed by atoms with Crippen LogP contribution in [0.15, 0.2) is 29.9 Å². The molecule has 0 aliphatic carbocycles. The number of carbonyl (C=O) groups excluding carboxylic acids is 1. The molecule has 0 fully saturated rings. The monoisotopic (exact) mass is 276 g/mol. The average molecular weight is 276 g/mol. The molecule has 2 N–H and O–H groups in total. The second-order valence-electron chi connectivity index (χ2n) is 4.05. The standard InChI is InChI=1S/C13H16N4OS/c1-10-4-8-19-11(10)9-17-12(18)3-7-16-13-14-5-2-6-15-13/h2,4-6,8H,3,7,9H2,1H3,(H,17,18)(H,14,15,16). The Morgan fingerprint density at radius 1 is 1.37 bits per heavy atom. The number of nitrogens with one attached hydrogen (secondary N) is 2. The largest absolute Gasteiger partial charge is 0.354 e. The van der Waals surface area contributed by atoms with Crippen LogP contribution in [0.4, 0.5) is 5.95 Å². The highest BCUT2D eigenvalue weighted by Gasteiger charge is 2.04. The first kappa shape index (κ1) is 13.5. The molecular formula is C13H16N4OS. The highest BCUT2D eigenvalue weighted by molar-refractivity contribution is 7.10. The van der Waals surface area contributed by atoms with Crippen LogP contribution in [0.1, 0.15) is 16.9 Å². The van der Waals surface area contributed by atoms with Crippen molar-refractivity contribution in [2.45, 2.75) is 19.9 Å². The van der Waals surface area contributed by atoms with Gasteiger partial charge in [-0.05, 0) is 30.0 Å². The maximum Gasteiger partial charge on any atom is 0.222 e. The van der Waals surface area contributed by atoms with Crippen LogP contribution in [-0.2, 0) is 11.3 Å². The number of nitrogens with zero attached hydrogens (tertiary/aromatic N) is 2. The average Bonchev–Trinajstić information content (AvgIpc) is 2.83. The van der Waals surface area contributed by atoms with Crippen LogP contribution in [-0.4, -0.2) is 22.4 Å². The first-order chi connectivity index (χ1) is 9.25. The lowest BCUT2D eigenvalue weighted by atomic mass is 10.3. The molecule has 100 valence electrons. The van der Waals surface area contributed by atoms with Gasteiger partial charge in [0.05, 0.1) is 6.54 Å². The van der Waals surface area contributed by atoms with Crippen LogP contribution in [0, 0.1) is 6.92 Å². The van der Waals surface area contributed by atoms with Gasteiger partial charge >= 0.3 is 0 Å². The fraction of sp³-hybridized carbons (Fsp3) is 0.308. The van der Waals surface area contributed by atoms with Gasteiger partial charge in [-0.25, -0.2) is 9.97 Å². The van der Waals surface area contributed by atoms with E-state index in [1.807, 2.05) is 12.3 Å². The lowest BCUT2D eigenvalue weighted by molar-refractivity contribution is -0.120. The van der Waals surface area contributed by atoms with Crippen molar-refractivity contribution in [2.24, 2.45) is 0 Å². The van der Waals surface area contributed by atoms with Crippen LogP contribution in [0.5, 0.6) is 0 Å². The lowest BCUT2D eigenvalue weighted by Gasteiger charge is -2.06. The second-order valence-corrected chi connectivity index (χ2v) is 5.05. The third kappa shape index (κ3) is 4.33. The molecule has 0 bridgehead atoms. The molecule has 0 atom stereocenters. The summed E-state index contributed by atoms with van der Waals surface area (Å²) >= 11 is 1.66. The summed E-state index contributed by atoms with van der Waals surface area (Å²) in [5.41, 5.74) is 1.22. The van der Waals surface area contributed by atoms with Crippen LogP contribution >= 0.6 is 11.3 Å². The molecule has 0 spiro atoms. The van der Waals surface area contributed by atoms with E-state index in [1.165, 1.54) is 10.4 Å². The van der Waals surface area contributed by atoms with Crippen molar-refractivity contribution < 1.29 is 4.79 Å². The predicted octanol–water partition coefficient (Wildman–Crippen LogP) is 1.96. The molecule has 0 unspecified atom stereocenters. The summed E-state index contributed by atoms with van der Waals surface area (Å²) in [6.07, 6.45) is 3.73. The molecule has 0 aliphatic rings. The van der Waals surface area contributed by atoms with Gasteiger partial charge in [0.2, 0.25) is 11.9 Å². The van der Waals surface area contributed by atoms with E-state index < -0.39 is 0 Å². The number of amides is 1. The summed E-state index contributed by atoms with van der Waals surface area (Å²) in [5, 5.41) is 7.94. The molecule has 2 aromatic rings. The summed E-state index contributed by atoms with van der Waals surface area (Å²) in [4.78, 5) is 20.9. The molecular weight excluding hydrogens is 260 g/mol. The molecule has 0 aliphatic heterocycles. The van der Waals surface area contributed by atoms with E-state index in [0.717, 1.165) is 0 Å². The van der Waals surface area contributed by atoms with Gasteiger partial charge in [0, 0.05) is 30.2 Å². The SMILES string of the molecule is Cc1ccsc1CNC(=O)CCNc1ncccn1. The highest BCUT2D eigenvalue weighted by atomic mass is 32.1. The molecule has 6 heteroatoms. The molecule has 2 heterocycles. The number of aryl methyl sites for hydroxylation is 1. The maximum absolute atomic E-state index is 11.7. The zero-order chi connectivity index (χ0) is 13.5. The number of rotatable bonds is 6. The van der Waals surface area contributed by atoms with Crippen molar-refractivity contribution in [1.82, 2.24) is 15.3 Å². The van der Waals surface area contributed by atoms with Crippen molar-refractivity contribution in [3.63, 3.8) is 0 Å². The molecule has 2 aromatic heterocycles. The number of carbonyl (C=O) groups is 1. The first-order valence-electron chi connectivity index (χ1n) is 6.06. The third-order valence-corrected chi connectivity index (χ3v) is 3.64. The second kappa shape index (κ2) is 6.84. The van der Waals surface area contributed by atoms with E-state index >= 15 is 0 Å². The number of aromatic nitrogens is 2. The van der Waals surface area contributed by atoms with Gasteiger partial charge in [-0.3, -0.25) is 4.79 Å². The zero-order valence-electron chi connectivity index (χ0n) is 10.7. The Labute approximate surface area is 116 Å². The molecule has 0 saturated heterocycles. The van der Waals surface area contributed by atoms with Gasteiger partial charge in [0.1, 0.15) is 0 Å². The van der Waals surface area contributed by atoms with E-state index in [4.69, 9.17) is 0 Å². The highest BCUT2D eigenvalue weighted by Crippen LogP contribution is 2.14. The fourth-order valence-corrected chi connectivity index (χ4v) is 2.38. The van der Waals surface area contributed by atoms with E-state index in [2.05, 4.69) is 26.7 Å². The summed E-state index contributed by atoms with van der Waals surface area (Å²) in [5.74, 6) is 0.570. The Morgan fingerprint density at radius 3 is 2.84 bits per heavy atom. The molecule has 1 amide bonds. The Hall–Kier alpha value is -1.95. The first-order valence-corrected chi connectivity index (χ1v) is 6.94. The summed E-state index contributed by atoms with van der Waals surface area (Å²) < 4.78 is 0. The molecule has 0 radical (unpaired) electrons. The topological polar surface area (TPSA) is 66.9 Å². The summed E-state index contributed by atoms with van der Waals surface area (Å²) in [7, 11) is 0. The van der Waals surface area contributed by atoms with Crippen LogP contribution in [0.3, 0.4) is 0 Å². The minimum atomic E-state index is 0.0243. The Morgan fingerprint density at radius 2 is 2.16 bits per heavy atom. The Kier molecular flexibility index (Phi) is 4.85. The van der Waals surface area contributed by atoms with Crippen molar-refractivity contribution in [1.29, 1.82) is 0 Å². The Balaban J connectivity index is 1.66. The molecule has 19 heavy (non-hydrogen) atoms.